The van der Waals surface area contributed by atoms with Crippen LogP contribution < -0.4 is 10.6 Å². The number of benzene rings is 1. The molecule has 5 rings (SSSR count). The van der Waals surface area contributed by atoms with Crippen molar-refractivity contribution < 1.29 is 32.6 Å². The fraction of sp³-hybridized carbons (Fsp3) is 0.409. The third-order valence-electron chi connectivity index (χ3n) is 5.75. The molecule has 2 unspecified atom stereocenters. The second kappa shape index (κ2) is 9.47. The van der Waals surface area contributed by atoms with E-state index in [0.29, 0.717) is 17.6 Å². The highest BCUT2D eigenvalue weighted by molar-refractivity contribution is 6.07. The van der Waals surface area contributed by atoms with Crippen LogP contribution in [0.4, 0.5) is 13.2 Å². The first kappa shape index (κ1) is 23.8. The summed E-state index contributed by atoms with van der Waals surface area (Å²) in [6.45, 7) is 1.45. The van der Waals surface area contributed by atoms with Crippen LogP contribution >= 0.6 is 0 Å². The van der Waals surface area contributed by atoms with Gasteiger partial charge in [-0.1, -0.05) is 18.2 Å². The van der Waals surface area contributed by atoms with Gasteiger partial charge in [0, 0.05) is 43.0 Å². The normalized spacial score (nSPS) is 22.1. The molecule has 0 aliphatic carbocycles. The molecule has 2 atom stereocenters. The van der Waals surface area contributed by atoms with Gasteiger partial charge in [-0.2, -0.15) is 18.3 Å². The van der Waals surface area contributed by atoms with Crippen molar-refractivity contribution in [1.29, 1.82) is 0 Å². The van der Waals surface area contributed by atoms with Crippen molar-refractivity contribution in [2.24, 2.45) is 7.05 Å². The van der Waals surface area contributed by atoms with E-state index in [9.17, 15) is 18.0 Å². The van der Waals surface area contributed by atoms with Gasteiger partial charge in [-0.25, -0.2) is 4.79 Å². The smallest absolute Gasteiger partial charge is 0.475 e. The van der Waals surface area contributed by atoms with Crippen molar-refractivity contribution >= 4 is 22.8 Å². The minimum atomic E-state index is -5.08. The second-order valence-electron chi connectivity index (χ2n) is 8.34. The molecule has 2 saturated heterocycles. The lowest BCUT2D eigenvalue weighted by Gasteiger charge is -2.40. The van der Waals surface area contributed by atoms with Crippen LogP contribution in [0.3, 0.4) is 0 Å². The van der Waals surface area contributed by atoms with Crippen LogP contribution in [-0.2, 0) is 16.6 Å². The molecule has 2 aromatic heterocycles. The molecule has 4 heterocycles. The number of halogens is 3. The Labute approximate surface area is 192 Å². The number of carboxylic acid groups (broad SMARTS) is 1. The van der Waals surface area contributed by atoms with Crippen molar-refractivity contribution in [2.75, 3.05) is 13.2 Å². The van der Waals surface area contributed by atoms with Gasteiger partial charge in [0.05, 0.1) is 36.2 Å². The third-order valence-corrected chi connectivity index (χ3v) is 5.75. The SMILES string of the molecule is Cn1cc(-n2cc(C(=O)NC3CC4COCC(C3)N4)c3ccccc32)cn1.O=C(O)C(F)(F)F. The van der Waals surface area contributed by atoms with Gasteiger partial charge in [-0.05, 0) is 18.9 Å². The van der Waals surface area contributed by atoms with E-state index in [-0.39, 0.29) is 11.9 Å². The van der Waals surface area contributed by atoms with E-state index in [4.69, 9.17) is 14.6 Å². The van der Waals surface area contributed by atoms with E-state index < -0.39 is 12.1 Å². The van der Waals surface area contributed by atoms with Crippen molar-refractivity contribution in [3.8, 4) is 5.69 Å². The minimum absolute atomic E-state index is 0.0141. The van der Waals surface area contributed by atoms with Crippen LogP contribution in [0.2, 0.25) is 0 Å². The number of ether oxygens (including phenoxy) is 1. The van der Waals surface area contributed by atoms with E-state index in [2.05, 4.69) is 15.7 Å². The monoisotopic (exact) mass is 479 g/mol. The van der Waals surface area contributed by atoms with E-state index in [0.717, 1.165) is 42.6 Å². The van der Waals surface area contributed by atoms with Gasteiger partial charge in [0.25, 0.3) is 5.91 Å². The summed E-state index contributed by atoms with van der Waals surface area (Å²) >= 11 is 0. The van der Waals surface area contributed by atoms with Crippen LogP contribution in [0.5, 0.6) is 0 Å². The Kier molecular flexibility index (Phi) is 6.62. The number of carbonyl (C=O) groups excluding carboxylic acids is 1. The van der Waals surface area contributed by atoms with Crippen LogP contribution in [0.1, 0.15) is 23.2 Å². The number of aryl methyl sites for hydroxylation is 1. The zero-order valence-corrected chi connectivity index (χ0v) is 18.2. The first-order valence-electron chi connectivity index (χ1n) is 10.7. The number of alkyl halides is 3. The number of aliphatic carboxylic acids is 1. The number of aromatic nitrogens is 3. The summed E-state index contributed by atoms with van der Waals surface area (Å²) in [6.07, 6.45) is 2.40. The van der Waals surface area contributed by atoms with Crippen LogP contribution in [0, 0.1) is 0 Å². The van der Waals surface area contributed by atoms with Gasteiger partial charge >= 0.3 is 12.1 Å². The number of hydrogen-bond donors (Lipinski definition) is 3. The average molecular weight is 479 g/mol. The molecule has 0 spiro atoms. The number of rotatable bonds is 3. The molecular weight excluding hydrogens is 455 g/mol. The number of carboxylic acids is 1. The van der Waals surface area contributed by atoms with E-state index in [1.807, 2.05) is 54.5 Å². The van der Waals surface area contributed by atoms with Crippen molar-refractivity contribution in [1.82, 2.24) is 25.0 Å². The molecule has 2 aliphatic heterocycles. The fourth-order valence-electron chi connectivity index (χ4n) is 4.33. The molecule has 1 aromatic carbocycles. The summed E-state index contributed by atoms with van der Waals surface area (Å²) in [4.78, 5) is 22.0. The molecule has 9 nitrogen and oxygen atoms in total. The quantitative estimate of drug-likeness (QED) is 0.532. The molecular formula is C22H24F3N5O4. The van der Waals surface area contributed by atoms with Gasteiger partial charge in [0.15, 0.2) is 0 Å². The summed E-state index contributed by atoms with van der Waals surface area (Å²) < 4.78 is 41.1. The molecule has 2 fully saturated rings. The summed E-state index contributed by atoms with van der Waals surface area (Å²) in [5, 5.41) is 19.2. The Bertz CT molecular complexity index is 1180. The Hall–Kier alpha value is -3.38. The lowest BCUT2D eigenvalue weighted by Crippen LogP contribution is -2.58. The summed E-state index contributed by atoms with van der Waals surface area (Å²) in [5.74, 6) is -2.77. The number of morpholine rings is 1. The molecule has 0 saturated carbocycles. The molecule has 12 heteroatoms. The number of amides is 1. The standard InChI is InChI=1S/C20H23N5O2.C2HF3O2/c1-24-9-16(8-21-24)25-10-18(17-4-2-3-5-19(17)25)20(26)23-13-6-14-11-27-12-15(7-13)22-14;3-2(4,5)1(6)7/h2-5,8-10,13-15,22H,6-7,11-12H2,1H3,(H,23,26);(H,6,7). The molecule has 0 radical (unpaired) electrons. The maximum absolute atomic E-state index is 13.1. The minimum Gasteiger partial charge on any atom is -0.475 e. The molecule has 2 aliphatic rings. The topological polar surface area (TPSA) is 110 Å². The molecule has 2 bridgehead atoms. The number of fused-ring (bicyclic) bond motifs is 3. The third kappa shape index (κ3) is 5.23. The lowest BCUT2D eigenvalue weighted by atomic mass is 9.92. The fourth-order valence-corrected chi connectivity index (χ4v) is 4.33. The highest BCUT2D eigenvalue weighted by Crippen LogP contribution is 2.26. The Morgan fingerprint density at radius 2 is 1.82 bits per heavy atom. The number of nitrogens with zero attached hydrogens (tertiary/aromatic N) is 3. The van der Waals surface area contributed by atoms with Gasteiger partial charge in [-0.3, -0.25) is 9.48 Å². The van der Waals surface area contributed by atoms with E-state index >= 15 is 0 Å². The first-order chi connectivity index (χ1) is 16.1. The van der Waals surface area contributed by atoms with Crippen molar-refractivity contribution in [3.05, 3.63) is 48.4 Å². The first-order valence-corrected chi connectivity index (χ1v) is 10.7. The zero-order valence-electron chi connectivity index (χ0n) is 18.2. The summed E-state index contributed by atoms with van der Waals surface area (Å²) in [7, 11) is 1.89. The van der Waals surface area contributed by atoms with Crippen LogP contribution in [0.15, 0.2) is 42.9 Å². The van der Waals surface area contributed by atoms with E-state index in [1.54, 1.807) is 4.68 Å². The molecule has 3 N–H and O–H groups in total. The van der Waals surface area contributed by atoms with Gasteiger partial charge < -0.3 is 25.0 Å². The van der Waals surface area contributed by atoms with E-state index in [1.165, 1.54) is 0 Å². The van der Waals surface area contributed by atoms with Gasteiger partial charge in [-0.15, -0.1) is 0 Å². The van der Waals surface area contributed by atoms with Gasteiger partial charge in [0.1, 0.15) is 0 Å². The highest BCUT2D eigenvalue weighted by atomic mass is 19.4. The Morgan fingerprint density at radius 1 is 1.18 bits per heavy atom. The van der Waals surface area contributed by atoms with Crippen LogP contribution in [-0.4, -0.2) is 68.8 Å². The molecule has 182 valence electrons. The predicted octanol–water partition coefficient (Wildman–Crippen LogP) is 2.25. The largest absolute Gasteiger partial charge is 0.490 e. The summed E-state index contributed by atoms with van der Waals surface area (Å²) in [6, 6.07) is 8.84. The Balaban J connectivity index is 0.000000344. The summed E-state index contributed by atoms with van der Waals surface area (Å²) in [5.41, 5.74) is 2.65. The maximum atomic E-state index is 13.1. The number of nitrogens with one attached hydrogen (secondary N) is 2. The number of hydrogen-bond acceptors (Lipinski definition) is 5. The molecule has 3 aromatic rings. The number of para-hydroxylation sites is 1. The van der Waals surface area contributed by atoms with Crippen molar-refractivity contribution in [3.63, 3.8) is 0 Å². The number of piperidine rings is 1. The van der Waals surface area contributed by atoms with Crippen molar-refractivity contribution in [2.45, 2.75) is 37.1 Å². The highest BCUT2D eigenvalue weighted by Gasteiger charge is 2.38. The zero-order chi connectivity index (χ0) is 24.5. The second-order valence-corrected chi connectivity index (χ2v) is 8.34. The molecule has 1 amide bonds. The average Bonchev–Trinajstić information content (AvgIpc) is 3.37. The Morgan fingerprint density at radius 3 is 2.41 bits per heavy atom. The number of carbonyl (C=O) groups is 2. The maximum Gasteiger partial charge on any atom is 0.490 e. The lowest BCUT2D eigenvalue weighted by molar-refractivity contribution is -0.192. The van der Waals surface area contributed by atoms with Gasteiger partial charge in [0.2, 0.25) is 0 Å². The van der Waals surface area contributed by atoms with Crippen LogP contribution in [0.25, 0.3) is 16.6 Å². The molecule has 34 heavy (non-hydrogen) atoms. The predicted molar refractivity (Wildman–Crippen MR) is 116 cm³/mol.